The van der Waals surface area contributed by atoms with E-state index in [1.165, 1.54) is 6.07 Å². The number of primary amides is 1. The highest BCUT2D eigenvalue weighted by Crippen LogP contribution is 2.20. The van der Waals surface area contributed by atoms with Crippen molar-refractivity contribution in [2.24, 2.45) is 5.73 Å². The maximum Gasteiger partial charge on any atom is 0.335 e. The number of aromatic carboxylic acids is 1. The molecule has 0 aliphatic rings. The lowest BCUT2D eigenvalue weighted by Crippen LogP contribution is -2.10. The van der Waals surface area contributed by atoms with Gasteiger partial charge in [-0.25, -0.2) is 4.79 Å². The van der Waals surface area contributed by atoms with Gasteiger partial charge in [-0.15, -0.1) is 0 Å². The summed E-state index contributed by atoms with van der Waals surface area (Å²) in [4.78, 5) is 22.0. The molecular weight excluding hydrogens is 256 g/mol. The first-order valence-electron chi connectivity index (χ1n) is 5.98. The second-order valence-corrected chi connectivity index (χ2v) is 4.40. The molecule has 0 spiro atoms. The fraction of sp³-hybridized carbons (Fsp3) is 0.0667. The van der Waals surface area contributed by atoms with E-state index >= 15 is 0 Å². The lowest BCUT2D eigenvalue weighted by atomic mass is 10.1. The largest absolute Gasteiger partial charge is 0.478 e. The van der Waals surface area contributed by atoms with Gasteiger partial charge in [0.1, 0.15) is 0 Å². The van der Waals surface area contributed by atoms with E-state index < -0.39 is 11.9 Å². The van der Waals surface area contributed by atoms with Crippen molar-refractivity contribution in [3.63, 3.8) is 0 Å². The molecule has 0 bridgehead atoms. The number of anilines is 2. The van der Waals surface area contributed by atoms with E-state index in [4.69, 9.17) is 10.8 Å². The number of hydrogen-bond acceptors (Lipinski definition) is 3. The molecule has 0 heterocycles. The number of hydrogen-bond donors (Lipinski definition) is 3. The van der Waals surface area contributed by atoms with Gasteiger partial charge in [0.15, 0.2) is 0 Å². The van der Waals surface area contributed by atoms with Crippen LogP contribution < -0.4 is 11.1 Å². The van der Waals surface area contributed by atoms with Crippen LogP contribution in [0.5, 0.6) is 0 Å². The monoisotopic (exact) mass is 270 g/mol. The van der Waals surface area contributed by atoms with Gasteiger partial charge in [0, 0.05) is 16.9 Å². The van der Waals surface area contributed by atoms with Crippen molar-refractivity contribution >= 4 is 23.3 Å². The molecule has 2 aromatic rings. The summed E-state index contributed by atoms with van der Waals surface area (Å²) < 4.78 is 0. The third kappa shape index (κ3) is 2.95. The Balaban J connectivity index is 2.26. The third-order valence-electron chi connectivity index (χ3n) is 2.89. The van der Waals surface area contributed by atoms with Crippen LogP contribution >= 0.6 is 0 Å². The van der Waals surface area contributed by atoms with Gasteiger partial charge in [0.25, 0.3) is 0 Å². The molecule has 0 atom stereocenters. The predicted octanol–water partition coefficient (Wildman–Crippen LogP) is 2.54. The highest BCUT2D eigenvalue weighted by atomic mass is 16.4. The van der Waals surface area contributed by atoms with E-state index in [0.29, 0.717) is 16.8 Å². The molecule has 102 valence electrons. The zero-order chi connectivity index (χ0) is 14.7. The van der Waals surface area contributed by atoms with Gasteiger partial charge in [0.05, 0.1) is 5.56 Å². The van der Waals surface area contributed by atoms with Gasteiger partial charge >= 0.3 is 5.97 Å². The smallest absolute Gasteiger partial charge is 0.335 e. The van der Waals surface area contributed by atoms with Gasteiger partial charge in [-0.05, 0) is 48.9 Å². The third-order valence-corrected chi connectivity index (χ3v) is 2.89. The van der Waals surface area contributed by atoms with Crippen molar-refractivity contribution in [3.8, 4) is 0 Å². The average Bonchev–Trinajstić information content (AvgIpc) is 2.38. The van der Waals surface area contributed by atoms with Crippen LogP contribution in [0.4, 0.5) is 11.4 Å². The Morgan fingerprint density at radius 3 is 2.40 bits per heavy atom. The second kappa shape index (κ2) is 5.44. The van der Waals surface area contributed by atoms with Crippen molar-refractivity contribution in [2.45, 2.75) is 6.92 Å². The molecule has 5 heteroatoms. The fourth-order valence-corrected chi connectivity index (χ4v) is 1.90. The van der Waals surface area contributed by atoms with Crippen LogP contribution in [-0.4, -0.2) is 17.0 Å². The van der Waals surface area contributed by atoms with Crippen LogP contribution in [0.2, 0.25) is 0 Å². The Bertz CT molecular complexity index is 681. The summed E-state index contributed by atoms with van der Waals surface area (Å²) in [5, 5.41) is 12.1. The maximum absolute atomic E-state index is 11.1. The minimum atomic E-state index is -0.954. The number of rotatable bonds is 4. The molecule has 0 fully saturated rings. The molecular formula is C15H14N2O3. The zero-order valence-corrected chi connectivity index (χ0v) is 10.9. The van der Waals surface area contributed by atoms with Crippen molar-refractivity contribution < 1.29 is 14.7 Å². The molecule has 1 amide bonds. The lowest BCUT2D eigenvalue weighted by Gasteiger charge is -2.09. The summed E-state index contributed by atoms with van der Waals surface area (Å²) in [6, 6.07) is 11.7. The summed E-state index contributed by atoms with van der Waals surface area (Å²) in [6.45, 7) is 1.73. The van der Waals surface area contributed by atoms with E-state index in [1.54, 1.807) is 43.3 Å². The van der Waals surface area contributed by atoms with E-state index in [-0.39, 0.29) is 5.56 Å². The van der Waals surface area contributed by atoms with E-state index in [9.17, 15) is 9.59 Å². The first kappa shape index (κ1) is 13.6. The molecule has 0 aliphatic heterocycles. The highest BCUT2D eigenvalue weighted by molar-refractivity contribution is 5.94. The first-order chi connectivity index (χ1) is 9.47. The highest BCUT2D eigenvalue weighted by Gasteiger charge is 2.07. The minimum Gasteiger partial charge on any atom is -0.478 e. The number of amides is 1. The topological polar surface area (TPSA) is 92.4 Å². The summed E-state index contributed by atoms with van der Waals surface area (Å²) in [7, 11) is 0. The molecule has 0 aliphatic carbocycles. The van der Waals surface area contributed by atoms with Gasteiger partial charge in [0.2, 0.25) is 5.91 Å². The Kier molecular flexibility index (Phi) is 3.70. The van der Waals surface area contributed by atoms with Crippen LogP contribution in [-0.2, 0) is 0 Å². The Morgan fingerprint density at radius 2 is 1.80 bits per heavy atom. The number of aryl methyl sites for hydroxylation is 1. The predicted molar refractivity (Wildman–Crippen MR) is 76.4 cm³/mol. The van der Waals surface area contributed by atoms with Gasteiger partial charge in [-0.1, -0.05) is 6.07 Å². The van der Waals surface area contributed by atoms with Crippen LogP contribution in [0.3, 0.4) is 0 Å². The van der Waals surface area contributed by atoms with E-state index in [0.717, 1.165) is 5.69 Å². The van der Waals surface area contributed by atoms with Crippen molar-refractivity contribution in [1.82, 2.24) is 0 Å². The Morgan fingerprint density at radius 1 is 1.10 bits per heavy atom. The van der Waals surface area contributed by atoms with E-state index in [1.807, 2.05) is 0 Å². The van der Waals surface area contributed by atoms with Gasteiger partial charge in [-0.3, -0.25) is 4.79 Å². The van der Waals surface area contributed by atoms with Crippen LogP contribution in [0.1, 0.15) is 26.3 Å². The number of benzene rings is 2. The number of carboxylic acids is 1. The first-order valence-corrected chi connectivity index (χ1v) is 5.98. The number of nitrogens with one attached hydrogen (secondary N) is 1. The summed E-state index contributed by atoms with van der Waals surface area (Å²) in [5.41, 5.74) is 8.01. The van der Waals surface area contributed by atoms with Crippen LogP contribution in [0, 0.1) is 6.92 Å². The SMILES string of the molecule is Cc1cc(Nc2cccc(C(N)=O)c2)ccc1C(=O)O. The molecule has 4 N–H and O–H groups in total. The summed E-state index contributed by atoms with van der Waals surface area (Å²) >= 11 is 0. The van der Waals surface area contributed by atoms with Crippen LogP contribution in [0.15, 0.2) is 42.5 Å². The fourth-order valence-electron chi connectivity index (χ4n) is 1.90. The minimum absolute atomic E-state index is 0.265. The standard InChI is InChI=1S/C15H14N2O3/c1-9-7-12(5-6-13(9)15(19)20)17-11-4-2-3-10(8-11)14(16)18/h2-8,17H,1H3,(H2,16,18)(H,19,20). The van der Waals surface area contributed by atoms with Crippen LogP contribution in [0.25, 0.3) is 0 Å². The molecule has 0 radical (unpaired) electrons. The summed E-state index contributed by atoms with van der Waals surface area (Å²) in [6.07, 6.45) is 0. The van der Waals surface area contributed by atoms with E-state index in [2.05, 4.69) is 5.32 Å². The number of carbonyl (C=O) groups is 2. The zero-order valence-electron chi connectivity index (χ0n) is 10.9. The molecule has 5 nitrogen and oxygen atoms in total. The Hall–Kier alpha value is -2.82. The average molecular weight is 270 g/mol. The quantitative estimate of drug-likeness (QED) is 0.796. The van der Waals surface area contributed by atoms with Crippen molar-refractivity contribution in [2.75, 3.05) is 5.32 Å². The Labute approximate surface area is 116 Å². The number of carboxylic acid groups (broad SMARTS) is 1. The van der Waals surface area contributed by atoms with Crippen molar-refractivity contribution in [1.29, 1.82) is 0 Å². The molecule has 0 unspecified atom stereocenters. The summed E-state index contributed by atoms with van der Waals surface area (Å²) in [5.74, 6) is -1.45. The lowest BCUT2D eigenvalue weighted by molar-refractivity contribution is 0.0696. The second-order valence-electron chi connectivity index (χ2n) is 4.40. The maximum atomic E-state index is 11.1. The molecule has 2 rings (SSSR count). The molecule has 0 saturated carbocycles. The molecule has 0 aromatic heterocycles. The molecule has 2 aromatic carbocycles. The number of carbonyl (C=O) groups excluding carboxylic acids is 1. The normalized spacial score (nSPS) is 10.1. The van der Waals surface area contributed by atoms with Gasteiger partial charge < -0.3 is 16.2 Å². The number of nitrogens with two attached hydrogens (primary N) is 1. The molecule has 20 heavy (non-hydrogen) atoms. The molecule has 0 saturated heterocycles. The van der Waals surface area contributed by atoms with Crippen molar-refractivity contribution in [3.05, 3.63) is 59.2 Å². The van der Waals surface area contributed by atoms with Gasteiger partial charge in [-0.2, -0.15) is 0 Å².